The van der Waals surface area contributed by atoms with Crippen molar-refractivity contribution < 1.29 is 9.59 Å². The molecule has 0 spiro atoms. The topological polar surface area (TPSA) is 43.9 Å². The molecule has 2 amide bonds. The number of carbonyl (C=O) groups excluding carboxylic acids is 2. The third-order valence-electron chi connectivity index (χ3n) is 6.83. The average molecular weight is 468 g/mol. The highest BCUT2D eigenvalue weighted by atomic mass is 79.9. The lowest BCUT2D eigenvalue weighted by molar-refractivity contribution is -0.123. The van der Waals surface area contributed by atoms with Crippen molar-refractivity contribution in [3.63, 3.8) is 0 Å². The molecule has 5 rings (SSSR count). The third-order valence-corrected chi connectivity index (χ3v) is 7.36. The monoisotopic (exact) mass is 467 g/mol. The first-order valence-corrected chi connectivity index (χ1v) is 11.6. The average Bonchev–Trinajstić information content (AvgIpc) is 3.08. The van der Waals surface area contributed by atoms with Gasteiger partial charge in [0.25, 0.3) is 5.91 Å². The number of amides is 2. The highest BCUT2D eigenvalue weighted by Crippen LogP contribution is 2.29. The Balaban J connectivity index is 1.21. The van der Waals surface area contributed by atoms with E-state index in [-0.39, 0.29) is 24.3 Å². The minimum Gasteiger partial charge on any atom is -0.298 e. The van der Waals surface area contributed by atoms with Crippen LogP contribution < -0.4 is 4.90 Å². The Kier molecular flexibility index (Phi) is 5.48. The Morgan fingerprint density at radius 2 is 1.47 bits per heavy atom. The number of hydrogen-bond donors (Lipinski definition) is 0. The molecule has 2 aliphatic heterocycles. The summed E-state index contributed by atoms with van der Waals surface area (Å²) in [5, 5.41) is 0. The Morgan fingerprint density at radius 3 is 2.20 bits per heavy atom. The molecule has 2 heterocycles. The minimum absolute atomic E-state index is 0.0811. The fourth-order valence-corrected chi connectivity index (χ4v) is 5.43. The lowest BCUT2D eigenvalue weighted by atomic mass is 9.87. The second-order valence-corrected chi connectivity index (χ2v) is 9.42. The molecule has 0 aromatic heterocycles. The van der Waals surface area contributed by atoms with E-state index < -0.39 is 0 Å². The maximum atomic E-state index is 13.1. The van der Waals surface area contributed by atoms with E-state index in [0.717, 1.165) is 43.5 Å². The highest BCUT2D eigenvalue weighted by Gasteiger charge is 2.43. The number of aryl methyl sites for hydroxylation is 1. The van der Waals surface area contributed by atoms with Crippen molar-refractivity contribution in [3.8, 4) is 0 Å². The molecule has 0 unspecified atom stereocenters. The van der Waals surface area contributed by atoms with Crippen molar-refractivity contribution in [1.82, 2.24) is 9.80 Å². The van der Waals surface area contributed by atoms with Crippen LogP contribution in [-0.4, -0.2) is 59.9 Å². The molecule has 2 atom stereocenters. The molecule has 2 fully saturated rings. The van der Waals surface area contributed by atoms with Crippen LogP contribution in [-0.2, 0) is 22.4 Å². The number of benzene rings is 2. The van der Waals surface area contributed by atoms with E-state index >= 15 is 0 Å². The van der Waals surface area contributed by atoms with Gasteiger partial charge in [-0.1, -0.05) is 40.2 Å². The molecule has 2 aromatic rings. The molecular weight excluding hydrogens is 442 g/mol. The van der Waals surface area contributed by atoms with Gasteiger partial charge < -0.3 is 0 Å². The normalized spacial score (nSPS) is 25.6. The van der Waals surface area contributed by atoms with Crippen LogP contribution in [0.2, 0.25) is 0 Å². The number of piperazine rings is 1. The first kappa shape index (κ1) is 19.9. The van der Waals surface area contributed by atoms with Gasteiger partial charge in [0.05, 0.1) is 18.2 Å². The van der Waals surface area contributed by atoms with E-state index in [1.165, 1.54) is 22.4 Å². The van der Waals surface area contributed by atoms with Gasteiger partial charge in [-0.05, 0) is 54.7 Å². The van der Waals surface area contributed by atoms with Gasteiger partial charge in [-0.25, -0.2) is 4.90 Å². The summed E-state index contributed by atoms with van der Waals surface area (Å²) in [6, 6.07) is 16.4. The number of carbonyl (C=O) groups is 2. The number of anilines is 1. The fourth-order valence-electron chi connectivity index (χ4n) is 5.17. The number of nitrogens with zero attached hydrogens (tertiary/aromatic N) is 3. The van der Waals surface area contributed by atoms with Crippen LogP contribution in [0, 0.1) is 0 Å². The van der Waals surface area contributed by atoms with Crippen molar-refractivity contribution in [3.05, 3.63) is 64.1 Å². The summed E-state index contributed by atoms with van der Waals surface area (Å²) in [6.45, 7) is 3.61. The number of halogens is 1. The Labute approximate surface area is 185 Å². The van der Waals surface area contributed by atoms with Crippen LogP contribution >= 0.6 is 15.9 Å². The summed E-state index contributed by atoms with van der Waals surface area (Å²) in [7, 11) is 0. The molecule has 5 nitrogen and oxygen atoms in total. The van der Waals surface area contributed by atoms with Crippen molar-refractivity contribution in [1.29, 1.82) is 0 Å². The Bertz CT molecular complexity index is 953. The second kappa shape index (κ2) is 8.25. The van der Waals surface area contributed by atoms with Gasteiger partial charge in [-0.15, -0.1) is 0 Å². The van der Waals surface area contributed by atoms with Gasteiger partial charge in [0, 0.05) is 36.7 Å². The van der Waals surface area contributed by atoms with Gasteiger partial charge in [-0.3, -0.25) is 19.4 Å². The van der Waals surface area contributed by atoms with E-state index in [1.807, 2.05) is 24.3 Å². The lowest BCUT2D eigenvalue weighted by Gasteiger charge is -2.42. The Morgan fingerprint density at radius 1 is 0.800 bits per heavy atom. The SMILES string of the molecule is O=C1C[C@@H](N2CCN([C@@H]3CCc4ccccc4C3)CC2)C(=O)N1c1ccc(Br)cc1. The summed E-state index contributed by atoms with van der Waals surface area (Å²) >= 11 is 3.40. The molecule has 1 aliphatic carbocycles. The molecule has 30 heavy (non-hydrogen) atoms. The quantitative estimate of drug-likeness (QED) is 0.649. The smallest absolute Gasteiger partial charge is 0.251 e. The fraction of sp³-hybridized carbons (Fsp3) is 0.417. The molecule has 0 radical (unpaired) electrons. The van der Waals surface area contributed by atoms with Gasteiger partial charge >= 0.3 is 0 Å². The summed E-state index contributed by atoms with van der Waals surface area (Å²) in [6.07, 6.45) is 3.76. The van der Waals surface area contributed by atoms with Crippen LogP contribution in [0.25, 0.3) is 0 Å². The van der Waals surface area contributed by atoms with E-state index in [0.29, 0.717) is 11.7 Å². The van der Waals surface area contributed by atoms with Crippen molar-refractivity contribution >= 4 is 33.4 Å². The molecule has 3 aliphatic rings. The third kappa shape index (κ3) is 3.72. The van der Waals surface area contributed by atoms with Crippen LogP contribution in [0.15, 0.2) is 53.0 Å². The van der Waals surface area contributed by atoms with Crippen LogP contribution in [0.5, 0.6) is 0 Å². The highest BCUT2D eigenvalue weighted by molar-refractivity contribution is 9.10. The lowest BCUT2D eigenvalue weighted by Crippen LogP contribution is -2.55. The standard InChI is InChI=1S/C24H26BrN3O2/c25-19-6-9-20(10-7-19)28-23(29)16-22(24(28)30)27-13-11-26(12-14-27)21-8-5-17-3-1-2-4-18(17)15-21/h1-4,6-7,9-10,21-22H,5,8,11-16H2/t21-,22-/m1/s1. The predicted octanol–water partition coefficient (Wildman–Crippen LogP) is 3.26. The van der Waals surface area contributed by atoms with Gasteiger partial charge in [0.2, 0.25) is 5.91 Å². The molecule has 0 bridgehead atoms. The van der Waals surface area contributed by atoms with Gasteiger partial charge in [0.15, 0.2) is 0 Å². The maximum absolute atomic E-state index is 13.1. The van der Waals surface area contributed by atoms with E-state index in [4.69, 9.17) is 0 Å². The molecule has 156 valence electrons. The van der Waals surface area contributed by atoms with E-state index in [1.54, 1.807) is 0 Å². The Hall–Kier alpha value is -2.02. The van der Waals surface area contributed by atoms with Gasteiger partial charge in [-0.2, -0.15) is 0 Å². The number of fused-ring (bicyclic) bond motifs is 1. The van der Waals surface area contributed by atoms with Crippen LogP contribution in [0.1, 0.15) is 24.0 Å². The second-order valence-electron chi connectivity index (χ2n) is 8.50. The first-order chi connectivity index (χ1) is 14.6. The van der Waals surface area contributed by atoms with Crippen LogP contribution in [0.4, 0.5) is 5.69 Å². The van der Waals surface area contributed by atoms with E-state index in [2.05, 4.69) is 50.0 Å². The first-order valence-electron chi connectivity index (χ1n) is 10.8. The molecule has 0 saturated carbocycles. The van der Waals surface area contributed by atoms with Gasteiger partial charge in [0.1, 0.15) is 0 Å². The number of rotatable bonds is 3. The number of imide groups is 1. The number of hydrogen-bond acceptors (Lipinski definition) is 4. The summed E-state index contributed by atoms with van der Waals surface area (Å²) in [4.78, 5) is 31.8. The molecule has 2 saturated heterocycles. The minimum atomic E-state index is -0.324. The summed E-state index contributed by atoms with van der Waals surface area (Å²) < 4.78 is 0.934. The summed E-state index contributed by atoms with van der Waals surface area (Å²) in [5.74, 6) is -0.180. The largest absolute Gasteiger partial charge is 0.298 e. The zero-order valence-corrected chi connectivity index (χ0v) is 18.6. The van der Waals surface area contributed by atoms with Crippen LogP contribution in [0.3, 0.4) is 0 Å². The van der Waals surface area contributed by atoms with Crippen molar-refractivity contribution in [2.45, 2.75) is 37.8 Å². The zero-order chi connectivity index (χ0) is 20.7. The molecule has 6 heteroatoms. The molecule has 2 aromatic carbocycles. The van der Waals surface area contributed by atoms with Crippen molar-refractivity contribution in [2.24, 2.45) is 0 Å². The maximum Gasteiger partial charge on any atom is 0.251 e. The zero-order valence-electron chi connectivity index (χ0n) is 17.0. The predicted molar refractivity (Wildman–Crippen MR) is 120 cm³/mol. The van der Waals surface area contributed by atoms with E-state index in [9.17, 15) is 9.59 Å². The van der Waals surface area contributed by atoms with Crippen molar-refractivity contribution in [2.75, 3.05) is 31.1 Å². The molecular formula is C24H26BrN3O2. The molecule has 0 N–H and O–H groups in total. The summed E-state index contributed by atoms with van der Waals surface area (Å²) in [5.41, 5.74) is 3.64.